The highest BCUT2D eigenvalue weighted by molar-refractivity contribution is 5.79. The molecule has 2 heterocycles. The van der Waals surface area contributed by atoms with Gasteiger partial charge in [0, 0.05) is 31.3 Å². The Labute approximate surface area is 99.3 Å². The molecule has 1 unspecified atom stereocenters. The minimum Gasteiger partial charge on any atom is -0.355 e. The molecular formula is C13H13N3O. The molecule has 1 aliphatic rings. The van der Waals surface area contributed by atoms with E-state index >= 15 is 0 Å². The number of aromatic nitrogens is 2. The zero-order chi connectivity index (χ0) is 11.7. The molecule has 0 spiro atoms. The summed E-state index contributed by atoms with van der Waals surface area (Å²) in [4.78, 5) is 11.3. The summed E-state index contributed by atoms with van der Waals surface area (Å²) in [6.45, 7) is 0.719. The van der Waals surface area contributed by atoms with E-state index < -0.39 is 0 Å². The highest BCUT2D eigenvalue weighted by Crippen LogP contribution is 2.27. The second-order valence-electron chi connectivity index (χ2n) is 4.21. The summed E-state index contributed by atoms with van der Waals surface area (Å²) < 4.78 is 1.85. The molecule has 1 amide bonds. The maximum Gasteiger partial charge on any atom is 0.220 e. The molecular weight excluding hydrogens is 214 g/mol. The van der Waals surface area contributed by atoms with Crippen molar-refractivity contribution in [1.82, 2.24) is 15.1 Å². The third-order valence-corrected chi connectivity index (χ3v) is 3.11. The third-order valence-electron chi connectivity index (χ3n) is 3.11. The van der Waals surface area contributed by atoms with Crippen LogP contribution in [0.25, 0.3) is 5.69 Å². The Hall–Kier alpha value is -2.10. The summed E-state index contributed by atoms with van der Waals surface area (Å²) in [7, 11) is 0. The number of amides is 1. The van der Waals surface area contributed by atoms with Gasteiger partial charge in [-0.1, -0.05) is 18.2 Å². The molecule has 4 heteroatoms. The second-order valence-corrected chi connectivity index (χ2v) is 4.21. The summed E-state index contributed by atoms with van der Waals surface area (Å²) in [6, 6.07) is 10.00. The van der Waals surface area contributed by atoms with Crippen molar-refractivity contribution in [1.29, 1.82) is 0 Å². The van der Waals surface area contributed by atoms with Crippen molar-refractivity contribution in [3.8, 4) is 5.69 Å². The van der Waals surface area contributed by atoms with Gasteiger partial charge in [-0.3, -0.25) is 4.79 Å². The first-order chi connectivity index (χ1) is 8.34. The predicted molar refractivity (Wildman–Crippen MR) is 63.9 cm³/mol. The fourth-order valence-corrected chi connectivity index (χ4v) is 2.28. The van der Waals surface area contributed by atoms with Crippen LogP contribution in [0.2, 0.25) is 0 Å². The molecule has 0 radical (unpaired) electrons. The van der Waals surface area contributed by atoms with Crippen molar-refractivity contribution >= 4 is 5.91 Å². The van der Waals surface area contributed by atoms with Crippen LogP contribution in [0.5, 0.6) is 0 Å². The van der Waals surface area contributed by atoms with Crippen LogP contribution < -0.4 is 5.32 Å². The van der Waals surface area contributed by atoms with Gasteiger partial charge in [0.2, 0.25) is 5.91 Å². The molecule has 1 saturated heterocycles. The van der Waals surface area contributed by atoms with E-state index in [0.717, 1.165) is 12.2 Å². The van der Waals surface area contributed by atoms with Crippen LogP contribution in [0.1, 0.15) is 17.9 Å². The van der Waals surface area contributed by atoms with Gasteiger partial charge in [-0.2, -0.15) is 5.10 Å². The Balaban J connectivity index is 2.02. The maximum absolute atomic E-state index is 11.3. The second kappa shape index (κ2) is 4.05. The van der Waals surface area contributed by atoms with Crippen molar-refractivity contribution in [2.75, 3.05) is 6.54 Å². The fourth-order valence-electron chi connectivity index (χ4n) is 2.28. The average Bonchev–Trinajstić information content (AvgIpc) is 3.00. The number of carbonyl (C=O) groups is 1. The van der Waals surface area contributed by atoms with Crippen LogP contribution >= 0.6 is 0 Å². The minimum absolute atomic E-state index is 0.130. The first-order valence-corrected chi connectivity index (χ1v) is 5.70. The van der Waals surface area contributed by atoms with Crippen LogP contribution in [-0.2, 0) is 4.79 Å². The van der Waals surface area contributed by atoms with E-state index in [-0.39, 0.29) is 11.8 Å². The molecule has 0 bridgehead atoms. The standard InChI is InChI=1S/C13H13N3O/c17-13-8-10(9-14-13)11-4-1-2-5-12(11)16-7-3-6-15-16/h1-7,10H,8-9H2,(H,14,17). The van der Waals surface area contributed by atoms with Gasteiger partial charge < -0.3 is 5.32 Å². The average molecular weight is 227 g/mol. The van der Waals surface area contributed by atoms with Crippen molar-refractivity contribution in [2.45, 2.75) is 12.3 Å². The third kappa shape index (κ3) is 1.82. The van der Waals surface area contributed by atoms with E-state index in [1.54, 1.807) is 6.20 Å². The fraction of sp³-hybridized carbons (Fsp3) is 0.231. The summed E-state index contributed by atoms with van der Waals surface area (Å²) in [6.07, 6.45) is 4.25. The lowest BCUT2D eigenvalue weighted by atomic mass is 9.96. The quantitative estimate of drug-likeness (QED) is 0.844. The van der Waals surface area contributed by atoms with Gasteiger partial charge in [0.1, 0.15) is 0 Å². The molecule has 3 rings (SSSR count). The maximum atomic E-state index is 11.3. The Morgan fingerprint density at radius 1 is 1.29 bits per heavy atom. The van der Waals surface area contributed by atoms with Crippen molar-refractivity contribution in [2.24, 2.45) is 0 Å². The number of nitrogens with zero attached hydrogens (tertiary/aromatic N) is 2. The first kappa shape index (κ1) is 10.1. The van der Waals surface area contributed by atoms with E-state index in [1.165, 1.54) is 5.56 Å². The normalized spacial score (nSPS) is 19.3. The van der Waals surface area contributed by atoms with Gasteiger partial charge in [0.05, 0.1) is 5.69 Å². The van der Waals surface area contributed by atoms with Crippen LogP contribution in [0.15, 0.2) is 42.7 Å². The Morgan fingerprint density at radius 2 is 2.18 bits per heavy atom. The highest BCUT2D eigenvalue weighted by Gasteiger charge is 2.25. The zero-order valence-corrected chi connectivity index (χ0v) is 9.34. The molecule has 1 N–H and O–H groups in total. The molecule has 1 aromatic heterocycles. The molecule has 17 heavy (non-hydrogen) atoms. The number of nitrogens with one attached hydrogen (secondary N) is 1. The molecule has 1 aromatic carbocycles. The van der Waals surface area contributed by atoms with Gasteiger partial charge in [-0.15, -0.1) is 0 Å². The van der Waals surface area contributed by atoms with Gasteiger partial charge in [-0.25, -0.2) is 4.68 Å². The van der Waals surface area contributed by atoms with E-state index in [1.807, 2.05) is 35.1 Å². The monoisotopic (exact) mass is 227 g/mol. The van der Waals surface area contributed by atoms with Gasteiger partial charge in [-0.05, 0) is 17.7 Å². The van der Waals surface area contributed by atoms with Crippen LogP contribution in [0.4, 0.5) is 0 Å². The molecule has 1 aliphatic heterocycles. The molecule has 0 saturated carbocycles. The molecule has 1 atom stereocenters. The number of hydrogen-bond donors (Lipinski definition) is 1. The number of hydrogen-bond acceptors (Lipinski definition) is 2. The Kier molecular flexibility index (Phi) is 2.40. The number of carbonyl (C=O) groups excluding carboxylic acids is 1. The summed E-state index contributed by atoms with van der Waals surface area (Å²) >= 11 is 0. The smallest absolute Gasteiger partial charge is 0.220 e. The lowest BCUT2D eigenvalue weighted by Crippen LogP contribution is -2.14. The SMILES string of the molecule is O=C1CC(c2ccccc2-n2cccn2)CN1. The van der Waals surface area contributed by atoms with E-state index in [9.17, 15) is 4.79 Å². The molecule has 86 valence electrons. The van der Waals surface area contributed by atoms with Crippen LogP contribution in [-0.4, -0.2) is 22.2 Å². The number of benzene rings is 1. The van der Waals surface area contributed by atoms with Gasteiger partial charge >= 0.3 is 0 Å². The first-order valence-electron chi connectivity index (χ1n) is 5.70. The van der Waals surface area contributed by atoms with E-state index in [0.29, 0.717) is 6.42 Å². The molecule has 0 aliphatic carbocycles. The van der Waals surface area contributed by atoms with Crippen molar-refractivity contribution < 1.29 is 4.79 Å². The van der Waals surface area contributed by atoms with Crippen molar-refractivity contribution in [3.63, 3.8) is 0 Å². The Bertz CT molecular complexity index is 533. The van der Waals surface area contributed by atoms with Gasteiger partial charge in [0.15, 0.2) is 0 Å². The summed E-state index contributed by atoms with van der Waals surface area (Å²) in [5.41, 5.74) is 2.23. The van der Waals surface area contributed by atoms with E-state index in [4.69, 9.17) is 0 Å². The van der Waals surface area contributed by atoms with E-state index in [2.05, 4.69) is 16.5 Å². The molecule has 1 fully saturated rings. The highest BCUT2D eigenvalue weighted by atomic mass is 16.1. The van der Waals surface area contributed by atoms with Crippen LogP contribution in [0.3, 0.4) is 0 Å². The topological polar surface area (TPSA) is 46.9 Å². The molecule has 2 aromatic rings. The lowest BCUT2D eigenvalue weighted by Gasteiger charge is -2.13. The van der Waals surface area contributed by atoms with Crippen molar-refractivity contribution in [3.05, 3.63) is 48.3 Å². The largest absolute Gasteiger partial charge is 0.355 e. The molecule has 4 nitrogen and oxygen atoms in total. The van der Waals surface area contributed by atoms with Gasteiger partial charge in [0.25, 0.3) is 0 Å². The summed E-state index contributed by atoms with van der Waals surface area (Å²) in [5, 5.41) is 7.12. The predicted octanol–water partition coefficient (Wildman–Crippen LogP) is 1.48. The van der Waals surface area contributed by atoms with Crippen LogP contribution in [0, 0.1) is 0 Å². The summed E-state index contributed by atoms with van der Waals surface area (Å²) in [5.74, 6) is 0.383. The zero-order valence-electron chi connectivity index (χ0n) is 9.34. The number of para-hydroxylation sites is 1. The lowest BCUT2D eigenvalue weighted by molar-refractivity contribution is -0.119. The minimum atomic E-state index is 0.130. The Morgan fingerprint density at radius 3 is 2.88 bits per heavy atom. The number of rotatable bonds is 2.